The quantitative estimate of drug-likeness (QED) is 0.352. The minimum atomic E-state index is -0.664. The molecule has 0 aliphatic carbocycles. The molecule has 5 rings (SSSR count). The van der Waals surface area contributed by atoms with Gasteiger partial charge in [-0.1, -0.05) is 12.1 Å². The van der Waals surface area contributed by atoms with Crippen molar-refractivity contribution in [3.63, 3.8) is 0 Å². The van der Waals surface area contributed by atoms with Crippen molar-refractivity contribution < 1.29 is 33.3 Å². The van der Waals surface area contributed by atoms with E-state index >= 15 is 0 Å². The molecule has 1 aliphatic rings. The Bertz CT molecular complexity index is 1490. The van der Waals surface area contributed by atoms with Gasteiger partial charge in [-0.25, -0.2) is 4.39 Å². The molecule has 0 unspecified atom stereocenters. The largest absolute Gasteiger partial charge is 0.507 e. The molecule has 0 radical (unpaired) electrons. The number of carbonyl (C=O) groups is 1. The third kappa shape index (κ3) is 3.45. The highest BCUT2D eigenvalue weighted by Gasteiger charge is 2.33. The van der Waals surface area contributed by atoms with E-state index in [2.05, 4.69) is 0 Å². The Labute approximate surface area is 186 Å². The lowest BCUT2D eigenvalue weighted by molar-refractivity contribution is -0.135. The first-order chi connectivity index (χ1) is 15.9. The summed E-state index contributed by atoms with van der Waals surface area (Å²) in [5, 5.41) is 20.6. The van der Waals surface area contributed by atoms with Gasteiger partial charge in [0.1, 0.15) is 34.0 Å². The van der Waals surface area contributed by atoms with Crippen molar-refractivity contribution in [3.8, 4) is 34.3 Å². The van der Waals surface area contributed by atoms with Gasteiger partial charge in [0.25, 0.3) is 0 Å². The van der Waals surface area contributed by atoms with Crippen LogP contribution in [-0.2, 0) is 4.79 Å². The monoisotopic (exact) mass is 448 g/mol. The van der Waals surface area contributed by atoms with E-state index in [0.29, 0.717) is 16.7 Å². The van der Waals surface area contributed by atoms with Crippen LogP contribution in [0.3, 0.4) is 0 Å². The number of hydrogen-bond acceptors (Lipinski definition) is 7. The van der Waals surface area contributed by atoms with Crippen molar-refractivity contribution in [3.05, 3.63) is 81.8 Å². The highest BCUT2D eigenvalue weighted by atomic mass is 19.1. The van der Waals surface area contributed by atoms with Crippen molar-refractivity contribution in [2.24, 2.45) is 0 Å². The van der Waals surface area contributed by atoms with Crippen LogP contribution in [0.1, 0.15) is 23.5 Å². The van der Waals surface area contributed by atoms with Crippen molar-refractivity contribution in [1.29, 1.82) is 0 Å². The SMILES string of the molecule is COc1ccc(-c2cc(=O)c3c(O)cc4c(c3o2)[C@@H](c2cccc(F)c2)CC(=O)O4)cc1O. The number of esters is 1. The number of phenols is 2. The van der Waals surface area contributed by atoms with Crippen LogP contribution in [0.2, 0.25) is 0 Å². The molecule has 7 nitrogen and oxygen atoms in total. The Hall–Kier alpha value is -4.33. The number of benzene rings is 3. The average Bonchev–Trinajstić information content (AvgIpc) is 2.77. The Morgan fingerprint density at radius 1 is 1.03 bits per heavy atom. The van der Waals surface area contributed by atoms with Gasteiger partial charge in [-0.15, -0.1) is 0 Å². The van der Waals surface area contributed by atoms with Gasteiger partial charge in [-0.3, -0.25) is 9.59 Å². The maximum absolute atomic E-state index is 14.0. The fraction of sp³-hybridized carbons (Fsp3) is 0.120. The van der Waals surface area contributed by atoms with E-state index in [9.17, 15) is 24.2 Å². The van der Waals surface area contributed by atoms with Crippen LogP contribution < -0.4 is 14.9 Å². The van der Waals surface area contributed by atoms with Crippen molar-refractivity contribution in [2.45, 2.75) is 12.3 Å². The average molecular weight is 448 g/mol. The number of phenolic OH excluding ortho intramolecular Hbond substituents is 2. The Balaban J connectivity index is 1.80. The summed E-state index contributed by atoms with van der Waals surface area (Å²) >= 11 is 0. The van der Waals surface area contributed by atoms with E-state index in [0.717, 1.165) is 0 Å². The first-order valence-electron chi connectivity index (χ1n) is 10.0. The number of hydrogen-bond donors (Lipinski definition) is 2. The maximum atomic E-state index is 14.0. The molecule has 1 aliphatic heterocycles. The molecule has 166 valence electrons. The molecule has 2 N–H and O–H groups in total. The van der Waals surface area contributed by atoms with Crippen molar-refractivity contribution in [1.82, 2.24) is 0 Å². The van der Waals surface area contributed by atoms with E-state index in [-0.39, 0.29) is 40.4 Å². The maximum Gasteiger partial charge on any atom is 0.312 e. The molecule has 0 fully saturated rings. The van der Waals surface area contributed by atoms with Gasteiger partial charge >= 0.3 is 5.97 Å². The zero-order valence-corrected chi connectivity index (χ0v) is 17.3. The zero-order valence-electron chi connectivity index (χ0n) is 17.3. The summed E-state index contributed by atoms with van der Waals surface area (Å²) in [6, 6.07) is 12.7. The number of ether oxygens (including phenoxy) is 2. The normalized spacial score (nSPS) is 15.2. The van der Waals surface area contributed by atoms with Crippen LogP contribution in [0.5, 0.6) is 23.0 Å². The molecule has 2 heterocycles. The molecule has 0 bridgehead atoms. The second-order valence-corrected chi connectivity index (χ2v) is 7.66. The van der Waals surface area contributed by atoms with Gasteiger partial charge < -0.3 is 24.1 Å². The predicted molar refractivity (Wildman–Crippen MR) is 116 cm³/mol. The van der Waals surface area contributed by atoms with Crippen LogP contribution in [0.4, 0.5) is 4.39 Å². The molecule has 33 heavy (non-hydrogen) atoms. The number of methoxy groups -OCH3 is 1. The molecule has 4 aromatic rings. The Morgan fingerprint density at radius 2 is 1.85 bits per heavy atom. The third-order valence-electron chi connectivity index (χ3n) is 5.64. The lowest BCUT2D eigenvalue weighted by atomic mass is 9.85. The Morgan fingerprint density at radius 3 is 2.58 bits per heavy atom. The van der Waals surface area contributed by atoms with Gasteiger partial charge in [-0.05, 0) is 35.9 Å². The highest BCUT2D eigenvalue weighted by Crippen LogP contribution is 2.46. The minimum Gasteiger partial charge on any atom is -0.507 e. The van der Waals surface area contributed by atoms with E-state index in [4.69, 9.17) is 13.9 Å². The standard InChI is InChI=1S/C25H17FO7/c1-31-19-6-5-13(8-16(19)27)20-10-17(28)24-18(29)11-21-23(25(24)33-20)15(9-22(30)32-21)12-3-2-4-14(26)7-12/h2-8,10-11,15,27,29H,9H2,1H3/t15-/m1/s1. The topological polar surface area (TPSA) is 106 Å². The molecule has 0 saturated heterocycles. The molecule has 0 spiro atoms. The lowest BCUT2D eigenvalue weighted by Gasteiger charge is -2.26. The molecule has 3 aromatic carbocycles. The summed E-state index contributed by atoms with van der Waals surface area (Å²) in [5.74, 6) is -1.87. The first-order valence-corrected chi connectivity index (χ1v) is 10.0. The van der Waals surface area contributed by atoms with E-state index in [1.165, 1.54) is 49.6 Å². The molecular weight excluding hydrogens is 431 g/mol. The summed E-state index contributed by atoms with van der Waals surface area (Å²) in [4.78, 5) is 25.2. The second kappa shape index (κ2) is 7.67. The first kappa shape index (κ1) is 20.6. The third-order valence-corrected chi connectivity index (χ3v) is 5.64. The van der Waals surface area contributed by atoms with Gasteiger partial charge in [-0.2, -0.15) is 0 Å². The molecule has 0 amide bonds. The molecule has 8 heteroatoms. The Kier molecular flexibility index (Phi) is 4.78. The van der Waals surface area contributed by atoms with E-state index < -0.39 is 28.9 Å². The summed E-state index contributed by atoms with van der Waals surface area (Å²) in [7, 11) is 1.41. The van der Waals surface area contributed by atoms with E-state index in [1.807, 2.05) is 0 Å². The van der Waals surface area contributed by atoms with Crippen molar-refractivity contribution >= 4 is 16.9 Å². The van der Waals surface area contributed by atoms with Crippen LogP contribution in [0, 0.1) is 5.82 Å². The fourth-order valence-corrected chi connectivity index (χ4v) is 4.15. The summed E-state index contributed by atoms with van der Waals surface area (Å²) in [6.45, 7) is 0. The lowest BCUT2D eigenvalue weighted by Crippen LogP contribution is -2.22. The second-order valence-electron chi connectivity index (χ2n) is 7.66. The van der Waals surface area contributed by atoms with E-state index in [1.54, 1.807) is 12.1 Å². The zero-order chi connectivity index (χ0) is 23.3. The number of carbonyl (C=O) groups excluding carboxylic acids is 1. The fourth-order valence-electron chi connectivity index (χ4n) is 4.15. The molecule has 0 saturated carbocycles. The van der Waals surface area contributed by atoms with Crippen molar-refractivity contribution in [2.75, 3.05) is 7.11 Å². The highest BCUT2D eigenvalue weighted by molar-refractivity contribution is 5.93. The molecule has 1 aromatic heterocycles. The smallest absolute Gasteiger partial charge is 0.312 e. The predicted octanol–water partition coefficient (Wildman–Crippen LogP) is 4.46. The van der Waals surface area contributed by atoms with Gasteiger partial charge in [0.15, 0.2) is 16.9 Å². The van der Waals surface area contributed by atoms with Crippen LogP contribution in [0.15, 0.2) is 63.8 Å². The van der Waals surface area contributed by atoms with Gasteiger partial charge in [0, 0.05) is 29.2 Å². The van der Waals surface area contributed by atoms with Gasteiger partial charge in [0.05, 0.1) is 13.5 Å². The summed E-state index contributed by atoms with van der Waals surface area (Å²) < 4.78 is 30.4. The number of fused-ring (bicyclic) bond motifs is 3. The summed E-state index contributed by atoms with van der Waals surface area (Å²) in [5.41, 5.74) is 0.723. The number of rotatable bonds is 3. The summed E-state index contributed by atoms with van der Waals surface area (Å²) in [6.07, 6.45) is -0.104. The minimum absolute atomic E-state index is 0.0181. The van der Waals surface area contributed by atoms with Crippen LogP contribution in [0.25, 0.3) is 22.3 Å². The molecular formula is C25H17FO7. The number of halogens is 1. The number of aromatic hydroxyl groups is 2. The van der Waals surface area contributed by atoms with Crippen LogP contribution >= 0.6 is 0 Å². The molecule has 1 atom stereocenters. The van der Waals surface area contributed by atoms with Gasteiger partial charge in [0.2, 0.25) is 0 Å². The van der Waals surface area contributed by atoms with Crippen LogP contribution in [-0.4, -0.2) is 23.3 Å².